The molecule has 0 saturated heterocycles. The molecule has 0 aliphatic carbocycles. The van der Waals surface area contributed by atoms with Crippen molar-refractivity contribution in [2.45, 2.75) is 32.6 Å². The molecule has 0 bridgehead atoms. The topological polar surface area (TPSA) is 34.1 Å². The summed E-state index contributed by atoms with van der Waals surface area (Å²) in [6.45, 7) is 6.36. The van der Waals surface area contributed by atoms with E-state index in [1.807, 2.05) is 12.1 Å². The van der Waals surface area contributed by atoms with Gasteiger partial charge in [-0.1, -0.05) is 56.6 Å². The van der Waals surface area contributed by atoms with E-state index in [1.165, 1.54) is 0 Å². The van der Waals surface area contributed by atoms with Crippen LogP contribution in [0.3, 0.4) is 0 Å². The van der Waals surface area contributed by atoms with Crippen molar-refractivity contribution in [3.8, 4) is 0 Å². The molecule has 0 heterocycles. The number of Topliss-reactive ketones (excluding diaryl/α,β-unsaturated/α-hetero) is 2. The summed E-state index contributed by atoms with van der Waals surface area (Å²) in [5.74, 6) is -0.359. The van der Waals surface area contributed by atoms with Gasteiger partial charge in [0.25, 0.3) is 0 Å². The van der Waals surface area contributed by atoms with Crippen molar-refractivity contribution in [1.82, 2.24) is 0 Å². The van der Waals surface area contributed by atoms with Gasteiger partial charge in [0.05, 0.1) is 6.42 Å². The molecule has 0 atom stereocenters. The highest BCUT2D eigenvalue weighted by atomic mass is 35.5. The molecular weight excluding hydrogens is 296 g/mol. The van der Waals surface area contributed by atoms with Gasteiger partial charge in [-0.2, -0.15) is 0 Å². The molecule has 3 heteroatoms. The first-order valence-electron chi connectivity index (χ1n) is 7.20. The van der Waals surface area contributed by atoms with Crippen LogP contribution in [0.4, 0.5) is 0 Å². The number of rotatable bonds is 4. The lowest BCUT2D eigenvalue weighted by molar-refractivity contribution is 0.0894. The zero-order chi connectivity index (χ0) is 16.3. The van der Waals surface area contributed by atoms with Crippen LogP contribution in [0.2, 0.25) is 5.02 Å². The molecule has 2 aromatic rings. The van der Waals surface area contributed by atoms with Gasteiger partial charge < -0.3 is 0 Å². The van der Waals surface area contributed by atoms with E-state index in [2.05, 4.69) is 20.8 Å². The van der Waals surface area contributed by atoms with Crippen LogP contribution in [0.1, 0.15) is 53.5 Å². The molecule has 0 aromatic heterocycles. The molecule has 0 N–H and O–H groups in total. The first kappa shape index (κ1) is 16.4. The second-order valence-corrected chi connectivity index (χ2v) is 6.79. The Hall–Kier alpha value is -1.93. The fourth-order valence-electron chi connectivity index (χ4n) is 2.14. The summed E-state index contributed by atoms with van der Waals surface area (Å²) in [5.41, 5.74) is 2.27. The Labute approximate surface area is 136 Å². The van der Waals surface area contributed by atoms with Gasteiger partial charge in [0.15, 0.2) is 11.6 Å². The van der Waals surface area contributed by atoms with Crippen LogP contribution in [0.25, 0.3) is 0 Å². The third kappa shape index (κ3) is 4.05. The fraction of sp³-hybridized carbons (Fsp3) is 0.263. The molecule has 114 valence electrons. The van der Waals surface area contributed by atoms with Crippen molar-refractivity contribution in [2.75, 3.05) is 0 Å². The van der Waals surface area contributed by atoms with Gasteiger partial charge >= 0.3 is 0 Å². The van der Waals surface area contributed by atoms with Crippen molar-refractivity contribution in [3.63, 3.8) is 0 Å². The van der Waals surface area contributed by atoms with E-state index in [0.29, 0.717) is 16.1 Å². The van der Waals surface area contributed by atoms with E-state index in [-0.39, 0.29) is 23.4 Å². The molecule has 0 spiro atoms. The molecular formula is C19H19ClO2. The Balaban J connectivity index is 2.09. The van der Waals surface area contributed by atoms with Crippen molar-refractivity contribution >= 4 is 23.2 Å². The lowest BCUT2D eigenvalue weighted by atomic mass is 9.86. The van der Waals surface area contributed by atoms with Crippen LogP contribution in [-0.2, 0) is 5.41 Å². The minimum Gasteiger partial charge on any atom is -0.294 e. The SMILES string of the molecule is CC(C)(C)c1ccc(C(=O)CC(=O)c2ccc(Cl)cc2)cc1. The number of halogens is 1. The summed E-state index contributed by atoms with van der Waals surface area (Å²) >= 11 is 5.79. The maximum absolute atomic E-state index is 12.2. The van der Waals surface area contributed by atoms with E-state index < -0.39 is 0 Å². The lowest BCUT2D eigenvalue weighted by Crippen LogP contribution is -2.12. The number of carbonyl (C=O) groups is 2. The zero-order valence-electron chi connectivity index (χ0n) is 13.0. The van der Waals surface area contributed by atoms with E-state index >= 15 is 0 Å². The van der Waals surface area contributed by atoms with Gasteiger partial charge in [-0.3, -0.25) is 9.59 Å². The summed E-state index contributed by atoms with van der Waals surface area (Å²) in [6, 6.07) is 14.0. The Bertz CT molecular complexity index is 677. The average molecular weight is 315 g/mol. The van der Waals surface area contributed by atoms with Gasteiger partial charge in [-0.15, -0.1) is 0 Å². The number of hydrogen-bond donors (Lipinski definition) is 0. The van der Waals surface area contributed by atoms with E-state index in [0.717, 1.165) is 5.56 Å². The molecule has 0 aliphatic rings. The maximum Gasteiger partial charge on any atom is 0.170 e. The molecule has 0 saturated carbocycles. The van der Waals surface area contributed by atoms with Crippen LogP contribution in [0.15, 0.2) is 48.5 Å². The third-order valence-corrected chi connectivity index (χ3v) is 3.81. The quantitative estimate of drug-likeness (QED) is 0.581. The Morgan fingerprint density at radius 3 is 1.64 bits per heavy atom. The maximum atomic E-state index is 12.2. The number of hydrogen-bond acceptors (Lipinski definition) is 2. The van der Waals surface area contributed by atoms with E-state index in [9.17, 15) is 9.59 Å². The summed E-state index contributed by atoms with van der Waals surface area (Å²) in [7, 11) is 0. The van der Waals surface area contributed by atoms with E-state index in [4.69, 9.17) is 11.6 Å². The molecule has 2 aromatic carbocycles. The second kappa shape index (κ2) is 6.45. The zero-order valence-corrected chi connectivity index (χ0v) is 13.8. The predicted molar refractivity (Wildman–Crippen MR) is 89.9 cm³/mol. The number of benzene rings is 2. The molecule has 2 nitrogen and oxygen atoms in total. The third-order valence-electron chi connectivity index (χ3n) is 3.56. The minimum atomic E-state index is -0.193. The smallest absolute Gasteiger partial charge is 0.170 e. The minimum absolute atomic E-state index is 0.0424. The molecule has 0 fully saturated rings. The fourth-order valence-corrected chi connectivity index (χ4v) is 2.27. The van der Waals surface area contributed by atoms with Gasteiger partial charge in [-0.25, -0.2) is 0 Å². The molecule has 2 rings (SSSR count). The highest BCUT2D eigenvalue weighted by Crippen LogP contribution is 2.22. The largest absolute Gasteiger partial charge is 0.294 e. The van der Waals surface area contributed by atoms with Crippen LogP contribution in [-0.4, -0.2) is 11.6 Å². The first-order chi connectivity index (χ1) is 10.3. The van der Waals surface area contributed by atoms with Gasteiger partial charge in [-0.05, 0) is 35.2 Å². The number of carbonyl (C=O) groups excluding carboxylic acids is 2. The lowest BCUT2D eigenvalue weighted by Gasteiger charge is -2.18. The highest BCUT2D eigenvalue weighted by Gasteiger charge is 2.16. The Morgan fingerprint density at radius 1 is 0.818 bits per heavy atom. The van der Waals surface area contributed by atoms with Crippen molar-refractivity contribution in [1.29, 1.82) is 0 Å². The predicted octanol–water partition coefficient (Wildman–Crippen LogP) is 5.09. The Morgan fingerprint density at radius 2 is 1.23 bits per heavy atom. The average Bonchev–Trinajstić information content (AvgIpc) is 2.47. The van der Waals surface area contributed by atoms with Crippen molar-refractivity contribution in [3.05, 3.63) is 70.2 Å². The normalized spacial score (nSPS) is 11.3. The van der Waals surface area contributed by atoms with Crippen LogP contribution < -0.4 is 0 Å². The van der Waals surface area contributed by atoms with Gasteiger partial charge in [0, 0.05) is 16.1 Å². The summed E-state index contributed by atoms with van der Waals surface area (Å²) in [5, 5.41) is 0.570. The van der Waals surface area contributed by atoms with Crippen molar-refractivity contribution < 1.29 is 9.59 Å². The standard InChI is InChI=1S/C19H19ClO2/c1-19(2,3)15-8-4-13(5-9-15)17(21)12-18(22)14-6-10-16(20)11-7-14/h4-11H,12H2,1-3H3. The van der Waals surface area contributed by atoms with Gasteiger partial charge in [0.1, 0.15) is 0 Å². The molecule has 0 radical (unpaired) electrons. The summed E-state index contributed by atoms with van der Waals surface area (Å²) in [4.78, 5) is 24.3. The van der Waals surface area contributed by atoms with Crippen LogP contribution in [0, 0.1) is 0 Å². The summed E-state index contributed by atoms with van der Waals surface area (Å²) in [6.07, 6.45) is -0.128. The Kier molecular flexibility index (Phi) is 4.82. The number of ketones is 2. The van der Waals surface area contributed by atoms with Crippen LogP contribution in [0.5, 0.6) is 0 Å². The monoisotopic (exact) mass is 314 g/mol. The second-order valence-electron chi connectivity index (χ2n) is 6.36. The van der Waals surface area contributed by atoms with E-state index in [1.54, 1.807) is 36.4 Å². The van der Waals surface area contributed by atoms with Crippen molar-refractivity contribution in [2.24, 2.45) is 0 Å². The van der Waals surface area contributed by atoms with Gasteiger partial charge in [0.2, 0.25) is 0 Å². The molecule has 0 unspecified atom stereocenters. The highest BCUT2D eigenvalue weighted by molar-refractivity contribution is 6.30. The van der Waals surface area contributed by atoms with Crippen LogP contribution >= 0.6 is 11.6 Å². The molecule has 0 aliphatic heterocycles. The molecule has 22 heavy (non-hydrogen) atoms. The molecule has 0 amide bonds. The first-order valence-corrected chi connectivity index (χ1v) is 7.58. The summed E-state index contributed by atoms with van der Waals surface area (Å²) < 4.78 is 0.